The van der Waals surface area contributed by atoms with Gasteiger partial charge in [-0.05, 0) is 82.0 Å². The summed E-state index contributed by atoms with van der Waals surface area (Å²) in [5.74, 6) is 0.853. The molecule has 0 N–H and O–H groups in total. The minimum absolute atomic E-state index is 0.501. The van der Waals surface area contributed by atoms with Crippen molar-refractivity contribution < 1.29 is 4.74 Å². The highest BCUT2D eigenvalue weighted by atomic mass is 16.5. The van der Waals surface area contributed by atoms with Crippen LogP contribution in [0.2, 0.25) is 0 Å². The first kappa shape index (κ1) is 18.4. The molecule has 1 spiro atoms. The predicted octanol–water partition coefficient (Wildman–Crippen LogP) is 3.57. The van der Waals surface area contributed by atoms with Crippen molar-refractivity contribution in [3.8, 4) is 0 Å². The van der Waals surface area contributed by atoms with Crippen molar-refractivity contribution in [1.82, 2.24) is 14.8 Å². The molecule has 4 rings (SSSR count). The third-order valence-electron chi connectivity index (χ3n) is 6.78. The van der Waals surface area contributed by atoms with Gasteiger partial charge in [0.15, 0.2) is 0 Å². The van der Waals surface area contributed by atoms with Crippen LogP contribution in [0.25, 0.3) is 0 Å². The maximum atomic E-state index is 6.14. The lowest BCUT2D eigenvalue weighted by Gasteiger charge is -2.41. The SMILES string of the molecule is CC(C)N1CCC2(CC1)C[C@@H](COCC1CC1)N(Cc1cccnc1)C2. The van der Waals surface area contributed by atoms with Gasteiger partial charge in [0, 0.05) is 44.2 Å². The van der Waals surface area contributed by atoms with Crippen molar-refractivity contribution >= 4 is 0 Å². The average Bonchev–Trinajstić information content (AvgIpc) is 3.40. The molecule has 26 heavy (non-hydrogen) atoms. The van der Waals surface area contributed by atoms with Crippen molar-refractivity contribution in [3.63, 3.8) is 0 Å². The van der Waals surface area contributed by atoms with Gasteiger partial charge in [-0.2, -0.15) is 0 Å². The van der Waals surface area contributed by atoms with Gasteiger partial charge in [-0.25, -0.2) is 0 Å². The van der Waals surface area contributed by atoms with Crippen LogP contribution in [0.3, 0.4) is 0 Å². The van der Waals surface area contributed by atoms with E-state index in [4.69, 9.17) is 4.74 Å². The monoisotopic (exact) mass is 357 g/mol. The van der Waals surface area contributed by atoms with E-state index in [1.807, 2.05) is 12.4 Å². The molecule has 3 aliphatic rings. The number of ether oxygens (including phenoxy) is 1. The zero-order valence-electron chi connectivity index (χ0n) is 16.6. The number of aromatic nitrogens is 1. The van der Waals surface area contributed by atoms with Gasteiger partial charge < -0.3 is 9.64 Å². The Bertz CT molecular complexity index is 564. The highest BCUT2D eigenvalue weighted by Gasteiger charge is 2.45. The van der Waals surface area contributed by atoms with Gasteiger partial charge in [-0.1, -0.05) is 6.07 Å². The van der Waals surface area contributed by atoms with Crippen molar-refractivity contribution in [2.45, 2.75) is 64.6 Å². The van der Waals surface area contributed by atoms with Gasteiger partial charge in [0.25, 0.3) is 0 Å². The van der Waals surface area contributed by atoms with E-state index in [0.29, 0.717) is 17.5 Å². The molecule has 1 aromatic heterocycles. The zero-order chi connectivity index (χ0) is 18.0. The maximum absolute atomic E-state index is 6.14. The van der Waals surface area contributed by atoms with E-state index in [-0.39, 0.29) is 0 Å². The summed E-state index contributed by atoms with van der Waals surface area (Å²) in [5, 5.41) is 0. The molecule has 0 radical (unpaired) electrons. The molecule has 1 saturated carbocycles. The fraction of sp³-hybridized carbons (Fsp3) is 0.773. The molecule has 1 aromatic rings. The molecule has 4 heteroatoms. The molecule has 3 fully saturated rings. The van der Waals surface area contributed by atoms with Crippen LogP contribution in [0, 0.1) is 11.3 Å². The maximum Gasteiger partial charge on any atom is 0.0622 e. The summed E-state index contributed by atoms with van der Waals surface area (Å²) in [5.41, 5.74) is 1.83. The van der Waals surface area contributed by atoms with E-state index in [1.165, 1.54) is 57.3 Å². The first-order chi connectivity index (χ1) is 12.6. The third-order valence-corrected chi connectivity index (χ3v) is 6.78. The first-order valence-corrected chi connectivity index (χ1v) is 10.6. The van der Waals surface area contributed by atoms with Crippen LogP contribution in [0.5, 0.6) is 0 Å². The number of hydrogen-bond donors (Lipinski definition) is 0. The quantitative estimate of drug-likeness (QED) is 0.746. The van der Waals surface area contributed by atoms with Gasteiger partial charge in [0.2, 0.25) is 0 Å². The topological polar surface area (TPSA) is 28.6 Å². The number of hydrogen-bond acceptors (Lipinski definition) is 4. The van der Waals surface area contributed by atoms with Crippen LogP contribution >= 0.6 is 0 Å². The summed E-state index contributed by atoms with van der Waals surface area (Å²) in [7, 11) is 0. The Balaban J connectivity index is 1.39. The second-order valence-corrected chi connectivity index (χ2v) is 9.23. The lowest BCUT2D eigenvalue weighted by atomic mass is 9.76. The van der Waals surface area contributed by atoms with Crippen molar-refractivity contribution in [3.05, 3.63) is 30.1 Å². The molecule has 0 unspecified atom stereocenters. The largest absolute Gasteiger partial charge is 0.380 e. The summed E-state index contributed by atoms with van der Waals surface area (Å²) in [6.45, 7) is 11.3. The Kier molecular flexibility index (Phi) is 5.63. The van der Waals surface area contributed by atoms with Crippen LogP contribution in [0.4, 0.5) is 0 Å². The van der Waals surface area contributed by atoms with Gasteiger partial charge in [-0.3, -0.25) is 9.88 Å². The van der Waals surface area contributed by atoms with E-state index in [9.17, 15) is 0 Å². The Hall–Kier alpha value is -0.970. The lowest BCUT2D eigenvalue weighted by Crippen LogP contribution is -2.44. The van der Waals surface area contributed by atoms with Crippen molar-refractivity contribution in [2.75, 3.05) is 32.8 Å². The molecule has 2 aliphatic heterocycles. The van der Waals surface area contributed by atoms with Gasteiger partial charge in [-0.15, -0.1) is 0 Å². The Morgan fingerprint density at radius 1 is 1.23 bits per heavy atom. The van der Waals surface area contributed by atoms with E-state index in [0.717, 1.165) is 25.7 Å². The fourth-order valence-corrected chi connectivity index (χ4v) is 4.86. The highest BCUT2D eigenvalue weighted by Crippen LogP contribution is 2.44. The molecular weight excluding hydrogens is 322 g/mol. The van der Waals surface area contributed by atoms with Crippen LogP contribution in [-0.2, 0) is 11.3 Å². The van der Waals surface area contributed by atoms with Crippen LogP contribution in [0.15, 0.2) is 24.5 Å². The Labute approximate surface area is 158 Å². The predicted molar refractivity (Wildman–Crippen MR) is 105 cm³/mol. The molecule has 1 aliphatic carbocycles. The number of piperidine rings is 1. The van der Waals surface area contributed by atoms with E-state index in [1.54, 1.807) is 0 Å². The van der Waals surface area contributed by atoms with Crippen LogP contribution < -0.4 is 0 Å². The number of rotatable bonds is 7. The Morgan fingerprint density at radius 3 is 2.69 bits per heavy atom. The lowest BCUT2D eigenvalue weighted by molar-refractivity contribution is 0.0682. The first-order valence-electron chi connectivity index (χ1n) is 10.6. The zero-order valence-corrected chi connectivity index (χ0v) is 16.6. The molecule has 4 nitrogen and oxygen atoms in total. The van der Waals surface area contributed by atoms with Gasteiger partial charge in [0.1, 0.15) is 0 Å². The van der Waals surface area contributed by atoms with E-state index in [2.05, 4.69) is 40.8 Å². The standard InChI is InChI=1S/C22H35N3O/c1-18(2)24-10-7-22(8-11-24)12-21(16-26-15-19-5-6-19)25(17-22)14-20-4-3-9-23-13-20/h3-4,9,13,18-19,21H,5-8,10-12,14-17H2,1-2H3/t21-/m0/s1. The molecule has 144 valence electrons. The average molecular weight is 358 g/mol. The molecule has 1 atom stereocenters. The van der Waals surface area contributed by atoms with E-state index >= 15 is 0 Å². The van der Waals surface area contributed by atoms with Crippen LogP contribution in [0.1, 0.15) is 51.5 Å². The second-order valence-electron chi connectivity index (χ2n) is 9.23. The van der Waals surface area contributed by atoms with Gasteiger partial charge in [0.05, 0.1) is 6.61 Å². The normalized spacial score (nSPS) is 26.8. The Morgan fingerprint density at radius 2 is 2.04 bits per heavy atom. The molecule has 0 aromatic carbocycles. The van der Waals surface area contributed by atoms with E-state index < -0.39 is 0 Å². The summed E-state index contributed by atoms with van der Waals surface area (Å²) in [4.78, 5) is 9.65. The number of likely N-dealkylation sites (tertiary alicyclic amines) is 2. The number of nitrogens with zero attached hydrogens (tertiary/aromatic N) is 3. The third kappa shape index (κ3) is 4.47. The molecule has 3 heterocycles. The minimum atomic E-state index is 0.501. The fourth-order valence-electron chi connectivity index (χ4n) is 4.86. The molecular formula is C22H35N3O. The number of pyridine rings is 1. The molecule has 0 bridgehead atoms. The molecule has 0 amide bonds. The van der Waals surface area contributed by atoms with Crippen molar-refractivity contribution in [1.29, 1.82) is 0 Å². The summed E-state index contributed by atoms with van der Waals surface area (Å²) in [6, 6.07) is 5.51. The highest BCUT2D eigenvalue weighted by molar-refractivity contribution is 5.10. The summed E-state index contributed by atoms with van der Waals surface area (Å²) < 4.78 is 6.14. The smallest absolute Gasteiger partial charge is 0.0622 e. The molecule has 2 saturated heterocycles. The van der Waals surface area contributed by atoms with Crippen molar-refractivity contribution in [2.24, 2.45) is 11.3 Å². The summed E-state index contributed by atoms with van der Waals surface area (Å²) in [6.07, 6.45) is 10.6. The van der Waals surface area contributed by atoms with Gasteiger partial charge >= 0.3 is 0 Å². The second kappa shape index (κ2) is 7.95. The minimum Gasteiger partial charge on any atom is -0.380 e. The summed E-state index contributed by atoms with van der Waals surface area (Å²) >= 11 is 0. The van der Waals surface area contributed by atoms with Crippen LogP contribution in [-0.4, -0.2) is 59.7 Å².